The predicted molar refractivity (Wildman–Crippen MR) is 108 cm³/mol. The third-order valence-electron chi connectivity index (χ3n) is 4.99. The van der Waals surface area contributed by atoms with Crippen LogP contribution in [0.1, 0.15) is 35.9 Å². The van der Waals surface area contributed by atoms with Gasteiger partial charge in [0.1, 0.15) is 13.2 Å². The molecular formula is C23H25N2O4+. The van der Waals surface area contributed by atoms with Gasteiger partial charge in [0.05, 0.1) is 12.3 Å². The highest BCUT2D eigenvalue weighted by atomic mass is 16.6. The Morgan fingerprint density at radius 2 is 1.79 bits per heavy atom. The van der Waals surface area contributed by atoms with E-state index in [1.165, 1.54) is 0 Å². The van der Waals surface area contributed by atoms with Crippen LogP contribution in [0, 0.1) is 0 Å². The van der Waals surface area contributed by atoms with Crippen LogP contribution >= 0.6 is 0 Å². The zero-order chi connectivity index (χ0) is 20.1. The monoisotopic (exact) mass is 393 g/mol. The van der Waals surface area contributed by atoms with Gasteiger partial charge in [-0.05, 0) is 36.8 Å². The molecule has 2 atom stereocenters. The Morgan fingerprint density at radius 1 is 1.00 bits per heavy atom. The fourth-order valence-corrected chi connectivity index (χ4v) is 3.48. The van der Waals surface area contributed by atoms with Crippen LogP contribution in [0.15, 0.2) is 71.3 Å². The first-order chi connectivity index (χ1) is 14.2. The van der Waals surface area contributed by atoms with Crippen LogP contribution in [0.4, 0.5) is 0 Å². The summed E-state index contributed by atoms with van der Waals surface area (Å²) in [7, 11) is 0. The van der Waals surface area contributed by atoms with Crippen LogP contribution in [0.5, 0.6) is 11.5 Å². The van der Waals surface area contributed by atoms with Crippen molar-refractivity contribution in [3.8, 4) is 11.5 Å². The van der Waals surface area contributed by atoms with Crippen molar-refractivity contribution in [1.82, 2.24) is 5.32 Å². The van der Waals surface area contributed by atoms with E-state index in [4.69, 9.17) is 13.9 Å². The second kappa shape index (κ2) is 8.84. The fourth-order valence-electron chi connectivity index (χ4n) is 3.48. The largest absolute Gasteiger partial charge is 0.486 e. The van der Waals surface area contributed by atoms with Crippen molar-refractivity contribution in [2.24, 2.45) is 0 Å². The van der Waals surface area contributed by atoms with E-state index in [0.29, 0.717) is 13.2 Å². The highest BCUT2D eigenvalue weighted by molar-refractivity contribution is 5.77. The van der Waals surface area contributed by atoms with Gasteiger partial charge in [0.15, 0.2) is 29.8 Å². The molecule has 2 heterocycles. The minimum Gasteiger partial charge on any atom is -0.486 e. The average Bonchev–Trinajstić information content (AvgIpc) is 3.29. The number of nitrogens with one attached hydrogen (secondary N) is 1. The highest BCUT2D eigenvalue weighted by Crippen LogP contribution is 2.32. The first-order valence-electron chi connectivity index (χ1n) is 9.81. The number of hydrogen-bond acceptors (Lipinski definition) is 4. The third kappa shape index (κ3) is 4.60. The van der Waals surface area contributed by atoms with Crippen molar-refractivity contribution in [3.05, 3.63) is 83.8 Å². The lowest BCUT2D eigenvalue weighted by Crippen LogP contribution is -2.87. The first-order valence-corrected chi connectivity index (χ1v) is 9.81. The maximum absolute atomic E-state index is 12.6. The second-order valence-electron chi connectivity index (χ2n) is 7.04. The number of fused-ring (bicyclic) bond motifs is 1. The normalized spacial score (nSPS) is 14.8. The van der Waals surface area contributed by atoms with Gasteiger partial charge in [-0.15, -0.1) is 0 Å². The Labute approximate surface area is 169 Å². The quantitative estimate of drug-likeness (QED) is 0.647. The minimum atomic E-state index is -0.134. The molecule has 29 heavy (non-hydrogen) atoms. The summed E-state index contributed by atoms with van der Waals surface area (Å²) in [6.07, 6.45) is 1.66. The molecule has 0 saturated carbocycles. The molecule has 0 spiro atoms. The molecule has 1 amide bonds. The van der Waals surface area contributed by atoms with Crippen molar-refractivity contribution in [3.63, 3.8) is 0 Å². The molecule has 3 N–H and O–H groups in total. The van der Waals surface area contributed by atoms with Gasteiger partial charge in [0.25, 0.3) is 5.91 Å². The highest BCUT2D eigenvalue weighted by Gasteiger charge is 2.22. The van der Waals surface area contributed by atoms with E-state index in [1.807, 2.05) is 72.9 Å². The summed E-state index contributed by atoms with van der Waals surface area (Å²) in [5.74, 6) is 2.25. The van der Waals surface area contributed by atoms with Gasteiger partial charge < -0.3 is 24.5 Å². The predicted octanol–water partition coefficient (Wildman–Crippen LogP) is 2.58. The number of carbonyl (C=O) groups excluding carboxylic acids is 1. The van der Waals surface area contributed by atoms with Crippen molar-refractivity contribution < 1.29 is 24.0 Å². The number of benzene rings is 2. The Morgan fingerprint density at radius 3 is 2.55 bits per heavy atom. The Kier molecular flexibility index (Phi) is 5.81. The van der Waals surface area contributed by atoms with Crippen LogP contribution < -0.4 is 20.1 Å². The summed E-state index contributed by atoms with van der Waals surface area (Å²) in [6, 6.07) is 19.4. The number of amides is 1. The van der Waals surface area contributed by atoms with Gasteiger partial charge in [-0.3, -0.25) is 4.79 Å². The molecule has 0 saturated heterocycles. The molecule has 0 bridgehead atoms. The molecule has 2 aromatic carbocycles. The van der Waals surface area contributed by atoms with E-state index in [9.17, 15) is 4.79 Å². The number of ether oxygens (including phenoxy) is 2. The van der Waals surface area contributed by atoms with Gasteiger partial charge in [-0.1, -0.05) is 36.4 Å². The van der Waals surface area contributed by atoms with Crippen LogP contribution in [0.3, 0.4) is 0 Å². The third-order valence-corrected chi connectivity index (χ3v) is 4.99. The zero-order valence-corrected chi connectivity index (χ0v) is 16.3. The molecule has 0 radical (unpaired) electrons. The molecule has 6 nitrogen and oxygen atoms in total. The topological polar surface area (TPSA) is 77.3 Å². The van der Waals surface area contributed by atoms with E-state index in [1.54, 1.807) is 6.26 Å². The molecule has 1 aliphatic heterocycles. The molecule has 6 heteroatoms. The molecule has 1 aliphatic rings. The summed E-state index contributed by atoms with van der Waals surface area (Å²) in [6.45, 7) is 3.35. The number of rotatable bonds is 7. The number of carbonyl (C=O) groups is 1. The van der Waals surface area contributed by atoms with E-state index >= 15 is 0 Å². The van der Waals surface area contributed by atoms with Gasteiger partial charge in [-0.2, -0.15) is 0 Å². The maximum Gasteiger partial charge on any atom is 0.275 e. The van der Waals surface area contributed by atoms with E-state index in [2.05, 4.69) is 5.32 Å². The SMILES string of the molecule is C[C@@H](NC(=O)C[NH2+][C@@H](c1ccccc1)c1ccco1)c1ccc2c(c1)OCCO2. The maximum atomic E-state index is 12.6. The minimum absolute atomic E-state index is 0.0418. The van der Waals surface area contributed by atoms with Crippen LogP contribution in [0.2, 0.25) is 0 Å². The smallest absolute Gasteiger partial charge is 0.275 e. The van der Waals surface area contributed by atoms with Crippen LogP contribution in [-0.2, 0) is 4.79 Å². The van der Waals surface area contributed by atoms with Gasteiger partial charge in [-0.25, -0.2) is 0 Å². The van der Waals surface area contributed by atoms with E-state index < -0.39 is 0 Å². The van der Waals surface area contributed by atoms with E-state index in [-0.39, 0.29) is 24.5 Å². The molecule has 0 unspecified atom stereocenters. The molecule has 3 aromatic rings. The lowest BCUT2D eigenvalue weighted by Gasteiger charge is -2.21. The number of hydrogen-bond donors (Lipinski definition) is 2. The second-order valence-corrected chi connectivity index (χ2v) is 7.04. The van der Waals surface area contributed by atoms with E-state index in [0.717, 1.165) is 28.4 Å². The zero-order valence-electron chi connectivity index (χ0n) is 16.3. The van der Waals surface area contributed by atoms with Crippen molar-refractivity contribution in [2.45, 2.75) is 19.0 Å². The fraction of sp³-hybridized carbons (Fsp3) is 0.261. The summed E-state index contributed by atoms with van der Waals surface area (Å²) in [5.41, 5.74) is 2.07. The standard InChI is InChI=1S/C23H24N2O4/c1-16(18-9-10-19-21(14-18)29-13-12-28-19)25-22(26)15-24-23(20-8-5-11-27-20)17-6-3-2-4-7-17/h2-11,14,16,23-24H,12-13,15H2,1H3,(H,25,26)/p+1/t16-,23+/m1/s1. The molecule has 0 aliphatic carbocycles. The lowest BCUT2D eigenvalue weighted by molar-refractivity contribution is -0.678. The van der Waals surface area contributed by atoms with Gasteiger partial charge in [0, 0.05) is 5.56 Å². The number of furan rings is 1. The summed E-state index contributed by atoms with van der Waals surface area (Å²) in [5, 5.41) is 5.04. The van der Waals surface area contributed by atoms with Crippen molar-refractivity contribution >= 4 is 5.91 Å². The Balaban J connectivity index is 1.38. The first kappa shape index (κ1) is 19.1. The van der Waals surface area contributed by atoms with Crippen molar-refractivity contribution in [1.29, 1.82) is 0 Å². The summed E-state index contributed by atoms with van der Waals surface area (Å²) >= 11 is 0. The summed E-state index contributed by atoms with van der Waals surface area (Å²) < 4.78 is 16.8. The van der Waals surface area contributed by atoms with Crippen LogP contribution in [-0.4, -0.2) is 25.7 Å². The Bertz CT molecular complexity index is 941. The molecule has 4 rings (SSSR count). The number of quaternary nitrogens is 1. The average molecular weight is 393 g/mol. The van der Waals surface area contributed by atoms with Gasteiger partial charge >= 0.3 is 0 Å². The molecular weight excluding hydrogens is 368 g/mol. The number of nitrogens with two attached hydrogens (primary N) is 1. The Hall–Kier alpha value is -3.25. The van der Waals surface area contributed by atoms with Gasteiger partial charge in [0.2, 0.25) is 0 Å². The molecule has 1 aromatic heterocycles. The van der Waals surface area contributed by atoms with Crippen molar-refractivity contribution in [2.75, 3.05) is 19.8 Å². The molecule has 150 valence electrons. The molecule has 0 fully saturated rings. The lowest BCUT2D eigenvalue weighted by atomic mass is 10.0. The summed E-state index contributed by atoms with van der Waals surface area (Å²) in [4.78, 5) is 12.6. The van der Waals surface area contributed by atoms with Crippen LogP contribution in [0.25, 0.3) is 0 Å².